The van der Waals surface area contributed by atoms with E-state index in [0.29, 0.717) is 37.0 Å². The van der Waals surface area contributed by atoms with Crippen molar-refractivity contribution in [3.8, 4) is 0 Å². The van der Waals surface area contributed by atoms with Crippen molar-refractivity contribution in [3.63, 3.8) is 0 Å². The minimum atomic E-state index is 0.0388. The van der Waals surface area contributed by atoms with Crippen LogP contribution >= 0.6 is 23.8 Å². The second-order valence-electron chi connectivity index (χ2n) is 3.98. The average Bonchev–Trinajstić information content (AvgIpc) is 2.37. The van der Waals surface area contributed by atoms with Gasteiger partial charge in [0.2, 0.25) is 0 Å². The Bertz CT molecular complexity index is 436. The number of anilines is 1. The number of halogens is 1. The first-order valence-corrected chi connectivity index (χ1v) is 6.48. The molecule has 0 bridgehead atoms. The Kier molecular flexibility index (Phi) is 4.77. The lowest BCUT2D eigenvalue weighted by atomic mass is 10.1. The zero-order chi connectivity index (χ0) is 13.0. The Morgan fingerprint density at radius 2 is 2.33 bits per heavy atom. The Morgan fingerprint density at radius 1 is 1.50 bits per heavy atom. The second-order valence-corrected chi connectivity index (χ2v) is 4.82. The third kappa shape index (κ3) is 3.32. The molecule has 98 valence electrons. The van der Waals surface area contributed by atoms with Crippen LogP contribution in [0.3, 0.4) is 0 Å². The zero-order valence-corrected chi connectivity index (χ0v) is 11.4. The van der Waals surface area contributed by atoms with Crippen LogP contribution in [0, 0.1) is 0 Å². The lowest BCUT2D eigenvalue weighted by Crippen LogP contribution is -2.34. The molecular formula is C12H15ClN2O2S. The fraction of sp³-hybridized carbons (Fsp3) is 0.417. The van der Waals surface area contributed by atoms with Gasteiger partial charge in [0, 0.05) is 12.2 Å². The summed E-state index contributed by atoms with van der Waals surface area (Å²) in [6.07, 6.45) is 0.0388. The number of benzene rings is 1. The van der Waals surface area contributed by atoms with Crippen LogP contribution < -0.4 is 11.1 Å². The van der Waals surface area contributed by atoms with Crippen LogP contribution in [0.25, 0.3) is 0 Å². The summed E-state index contributed by atoms with van der Waals surface area (Å²) in [5, 5.41) is 3.80. The normalized spacial score (nSPS) is 19.5. The predicted molar refractivity (Wildman–Crippen MR) is 76.4 cm³/mol. The molecule has 0 aromatic heterocycles. The molecule has 1 aliphatic heterocycles. The van der Waals surface area contributed by atoms with Gasteiger partial charge in [-0.05, 0) is 12.1 Å². The van der Waals surface area contributed by atoms with Crippen LogP contribution in [-0.4, -0.2) is 37.5 Å². The summed E-state index contributed by atoms with van der Waals surface area (Å²) in [4.78, 5) is 0.281. The standard InChI is InChI=1S/C12H15ClN2O2S/c13-9-2-1-3-10(11(9)12(14)18)15-6-8-7-16-4-5-17-8/h1-3,8,15H,4-7H2,(H2,14,18). The quantitative estimate of drug-likeness (QED) is 0.827. The molecular weight excluding hydrogens is 272 g/mol. The highest BCUT2D eigenvalue weighted by Gasteiger charge is 2.15. The number of nitrogens with one attached hydrogen (secondary N) is 1. The van der Waals surface area contributed by atoms with Gasteiger partial charge in [0.15, 0.2) is 0 Å². The van der Waals surface area contributed by atoms with Crippen LogP contribution in [-0.2, 0) is 9.47 Å². The smallest absolute Gasteiger partial charge is 0.107 e. The van der Waals surface area contributed by atoms with Crippen LogP contribution in [0.2, 0.25) is 5.02 Å². The van der Waals surface area contributed by atoms with Crippen LogP contribution in [0.4, 0.5) is 5.69 Å². The van der Waals surface area contributed by atoms with E-state index in [0.717, 1.165) is 5.69 Å². The first kappa shape index (κ1) is 13.5. The second kappa shape index (κ2) is 6.33. The molecule has 0 radical (unpaired) electrons. The molecule has 0 aliphatic carbocycles. The topological polar surface area (TPSA) is 56.5 Å². The molecule has 18 heavy (non-hydrogen) atoms. The Balaban J connectivity index is 2.04. The minimum Gasteiger partial charge on any atom is -0.389 e. The van der Waals surface area contributed by atoms with Crippen molar-refractivity contribution in [1.29, 1.82) is 0 Å². The van der Waals surface area contributed by atoms with Crippen molar-refractivity contribution in [2.45, 2.75) is 6.10 Å². The average molecular weight is 287 g/mol. The van der Waals surface area contributed by atoms with Crippen LogP contribution in [0.15, 0.2) is 18.2 Å². The molecule has 0 spiro atoms. The predicted octanol–water partition coefficient (Wildman–Crippen LogP) is 1.80. The van der Waals surface area contributed by atoms with Crippen molar-refractivity contribution >= 4 is 34.5 Å². The molecule has 3 N–H and O–H groups in total. The minimum absolute atomic E-state index is 0.0388. The van der Waals surface area contributed by atoms with E-state index in [2.05, 4.69) is 5.32 Å². The first-order valence-electron chi connectivity index (χ1n) is 5.70. The number of ether oxygens (including phenoxy) is 2. The molecule has 2 rings (SSSR count). The number of hydrogen-bond acceptors (Lipinski definition) is 4. The SMILES string of the molecule is NC(=S)c1c(Cl)cccc1NCC1COCCO1. The highest BCUT2D eigenvalue weighted by molar-refractivity contribution is 7.80. The van der Waals surface area contributed by atoms with Crippen molar-refractivity contribution < 1.29 is 9.47 Å². The van der Waals surface area contributed by atoms with Gasteiger partial charge >= 0.3 is 0 Å². The molecule has 1 atom stereocenters. The van der Waals surface area contributed by atoms with Gasteiger partial charge in [-0.3, -0.25) is 0 Å². The maximum atomic E-state index is 6.08. The van der Waals surface area contributed by atoms with Gasteiger partial charge in [-0.2, -0.15) is 0 Å². The van der Waals surface area contributed by atoms with Gasteiger partial charge in [0.25, 0.3) is 0 Å². The number of hydrogen-bond donors (Lipinski definition) is 2. The lowest BCUT2D eigenvalue weighted by Gasteiger charge is -2.24. The van der Waals surface area contributed by atoms with Crippen molar-refractivity contribution in [2.75, 3.05) is 31.7 Å². The van der Waals surface area contributed by atoms with Gasteiger partial charge in [-0.15, -0.1) is 0 Å². The highest BCUT2D eigenvalue weighted by Crippen LogP contribution is 2.24. The van der Waals surface area contributed by atoms with Crippen LogP contribution in [0.1, 0.15) is 5.56 Å². The van der Waals surface area contributed by atoms with Gasteiger partial charge in [-0.1, -0.05) is 29.9 Å². The molecule has 1 aromatic rings. The van der Waals surface area contributed by atoms with E-state index in [4.69, 9.17) is 39.0 Å². The summed E-state index contributed by atoms with van der Waals surface area (Å²) in [5.74, 6) is 0. The molecule has 1 fully saturated rings. The molecule has 0 saturated carbocycles. The third-order valence-corrected chi connectivity index (χ3v) is 3.18. The molecule has 6 heteroatoms. The lowest BCUT2D eigenvalue weighted by molar-refractivity contribution is -0.0818. The van der Waals surface area contributed by atoms with Gasteiger partial charge < -0.3 is 20.5 Å². The van der Waals surface area contributed by atoms with E-state index >= 15 is 0 Å². The van der Waals surface area contributed by atoms with E-state index in [1.807, 2.05) is 12.1 Å². The van der Waals surface area contributed by atoms with Gasteiger partial charge in [-0.25, -0.2) is 0 Å². The van der Waals surface area contributed by atoms with E-state index in [-0.39, 0.29) is 11.1 Å². The fourth-order valence-electron chi connectivity index (χ4n) is 1.80. The molecule has 4 nitrogen and oxygen atoms in total. The summed E-state index contributed by atoms with van der Waals surface area (Å²) in [5.41, 5.74) is 7.17. The summed E-state index contributed by atoms with van der Waals surface area (Å²) in [6.45, 7) is 2.52. The number of thiocarbonyl (C=S) groups is 1. The fourth-order valence-corrected chi connectivity index (χ4v) is 2.35. The molecule has 1 heterocycles. The zero-order valence-electron chi connectivity index (χ0n) is 9.82. The Morgan fingerprint density at radius 3 is 3.00 bits per heavy atom. The molecule has 1 unspecified atom stereocenters. The van der Waals surface area contributed by atoms with Crippen molar-refractivity contribution in [1.82, 2.24) is 0 Å². The maximum absolute atomic E-state index is 6.08. The van der Waals surface area contributed by atoms with Crippen LogP contribution in [0.5, 0.6) is 0 Å². The van der Waals surface area contributed by atoms with E-state index in [1.54, 1.807) is 6.07 Å². The first-order chi connectivity index (χ1) is 8.68. The maximum Gasteiger partial charge on any atom is 0.107 e. The van der Waals surface area contributed by atoms with Crippen molar-refractivity contribution in [2.24, 2.45) is 5.73 Å². The Labute approximate surface area is 116 Å². The highest BCUT2D eigenvalue weighted by atomic mass is 35.5. The number of nitrogens with two attached hydrogens (primary N) is 1. The van der Waals surface area contributed by atoms with Gasteiger partial charge in [0.1, 0.15) is 4.99 Å². The molecule has 1 saturated heterocycles. The molecule has 1 aromatic carbocycles. The van der Waals surface area contributed by atoms with E-state index in [1.165, 1.54) is 0 Å². The molecule has 1 aliphatic rings. The summed E-state index contributed by atoms with van der Waals surface area (Å²) in [7, 11) is 0. The third-order valence-electron chi connectivity index (χ3n) is 2.67. The Hall–Kier alpha value is -0.880. The van der Waals surface area contributed by atoms with E-state index < -0.39 is 0 Å². The monoisotopic (exact) mass is 286 g/mol. The van der Waals surface area contributed by atoms with Gasteiger partial charge in [0.05, 0.1) is 36.5 Å². The summed E-state index contributed by atoms with van der Waals surface area (Å²) >= 11 is 11.1. The van der Waals surface area contributed by atoms with Crippen molar-refractivity contribution in [3.05, 3.63) is 28.8 Å². The summed E-state index contributed by atoms with van der Waals surface area (Å²) in [6, 6.07) is 5.51. The van der Waals surface area contributed by atoms with E-state index in [9.17, 15) is 0 Å². The summed E-state index contributed by atoms with van der Waals surface area (Å²) < 4.78 is 10.9. The molecule has 0 amide bonds. The number of rotatable bonds is 4. The largest absolute Gasteiger partial charge is 0.389 e.